The summed E-state index contributed by atoms with van der Waals surface area (Å²) in [4.78, 5) is 18.0. The summed E-state index contributed by atoms with van der Waals surface area (Å²) < 4.78 is 6.10. The van der Waals surface area contributed by atoms with E-state index in [0.29, 0.717) is 9.21 Å². The van der Waals surface area contributed by atoms with E-state index in [9.17, 15) is 4.79 Å². The normalized spacial score (nSPS) is 11.3. The van der Waals surface area contributed by atoms with Crippen LogP contribution in [0.4, 0.5) is 4.79 Å². The fourth-order valence-electron chi connectivity index (χ4n) is 0.779. The van der Waals surface area contributed by atoms with E-state index in [2.05, 4.69) is 47.1 Å². The number of aromatic nitrogens is 2. The Bertz CT molecular complexity index is 351. The molecule has 0 aromatic carbocycles. The number of nitrogens with zero attached hydrogens (tertiary/aromatic N) is 1. The molecule has 5 nitrogen and oxygen atoms in total. The van der Waals surface area contributed by atoms with Crippen molar-refractivity contribution in [3.8, 4) is 6.01 Å². The van der Waals surface area contributed by atoms with E-state index in [4.69, 9.17) is 4.74 Å². The molecule has 0 bridgehead atoms. The van der Waals surface area contributed by atoms with Gasteiger partial charge in [-0.15, -0.1) is 0 Å². The Balaban J connectivity index is 2.59. The van der Waals surface area contributed by atoms with Crippen molar-refractivity contribution in [3.05, 3.63) is 9.21 Å². The monoisotopic (exact) mass is 339 g/mol. The second-order valence-electron chi connectivity index (χ2n) is 3.91. The first kappa shape index (κ1) is 12.5. The molecule has 1 heterocycles. The Labute approximate surface area is 104 Å². The number of ether oxygens (including phenoxy) is 1. The van der Waals surface area contributed by atoms with Gasteiger partial charge < -0.3 is 15.0 Å². The highest BCUT2D eigenvalue weighted by Crippen LogP contribution is 2.22. The molecule has 1 aromatic rings. The second-order valence-corrected chi connectivity index (χ2v) is 5.46. The molecule has 2 N–H and O–H groups in total. The van der Waals surface area contributed by atoms with Crippen molar-refractivity contribution in [2.75, 3.05) is 0 Å². The third-order valence-corrected chi connectivity index (χ3v) is 2.94. The topological polar surface area (TPSA) is 67.0 Å². The number of nitrogens with one attached hydrogen (secondary N) is 2. The maximum Gasteiger partial charge on any atom is 0.415 e. The van der Waals surface area contributed by atoms with Gasteiger partial charge in [0.2, 0.25) is 0 Å². The van der Waals surface area contributed by atoms with Gasteiger partial charge in [-0.2, -0.15) is 4.98 Å². The number of hydrogen-bond acceptors (Lipinski definition) is 3. The Morgan fingerprint density at radius 1 is 1.47 bits per heavy atom. The summed E-state index contributed by atoms with van der Waals surface area (Å²) in [6.45, 7) is 5.59. The van der Waals surface area contributed by atoms with Gasteiger partial charge in [0.15, 0.2) is 0 Å². The minimum atomic E-state index is -0.545. The lowest BCUT2D eigenvalue weighted by molar-refractivity contribution is 0.187. The van der Waals surface area contributed by atoms with Gasteiger partial charge in [0.25, 0.3) is 0 Å². The summed E-state index contributed by atoms with van der Waals surface area (Å²) in [6, 6.07) is 0.135. The van der Waals surface area contributed by atoms with E-state index in [1.165, 1.54) is 0 Å². The Morgan fingerprint density at radius 3 is 2.47 bits per heavy atom. The predicted molar refractivity (Wildman–Crippen MR) is 62.9 cm³/mol. The van der Waals surface area contributed by atoms with Gasteiger partial charge in [0.1, 0.15) is 9.21 Å². The number of imidazole rings is 1. The van der Waals surface area contributed by atoms with Gasteiger partial charge in [0, 0.05) is 5.54 Å². The number of amides is 1. The first-order valence-electron chi connectivity index (χ1n) is 4.19. The third kappa shape index (κ3) is 4.21. The molecule has 84 valence electrons. The maximum atomic E-state index is 11.3. The fourth-order valence-corrected chi connectivity index (χ4v) is 1.30. The summed E-state index contributed by atoms with van der Waals surface area (Å²) >= 11 is 6.36. The van der Waals surface area contributed by atoms with Gasteiger partial charge in [-0.25, -0.2) is 4.79 Å². The van der Waals surface area contributed by atoms with Crippen LogP contribution >= 0.6 is 31.9 Å². The lowest BCUT2D eigenvalue weighted by Gasteiger charge is -2.18. The molecule has 0 saturated heterocycles. The van der Waals surface area contributed by atoms with Crippen LogP contribution in [0, 0.1) is 0 Å². The largest absolute Gasteiger partial charge is 0.415 e. The second kappa shape index (κ2) is 4.52. The molecule has 0 spiro atoms. The van der Waals surface area contributed by atoms with Gasteiger partial charge in [-0.3, -0.25) is 0 Å². The minimum absolute atomic E-state index is 0.135. The zero-order chi connectivity index (χ0) is 11.6. The summed E-state index contributed by atoms with van der Waals surface area (Å²) in [6.07, 6.45) is -0.545. The summed E-state index contributed by atoms with van der Waals surface area (Å²) in [5.41, 5.74) is -0.335. The maximum absolute atomic E-state index is 11.3. The molecule has 1 amide bonds. The Morgan fingerprint density at radius 2 is 2.07 bits per heavy atom. The molecule has 0 unspecified atom stereocenters. The lowest BCUT2D eigenvalue weighted by Crippen LogP contribution is -2.42. The van der Waals surface area contributed by atoms with Gasteiger partial charge >= 0.3 is 12.1 Å². The highest BCUT2D eigenvalue weighted by atomic mass is 79.9. The quantitative estimate of drug-likeness (QED) is 0.826. The molecule has 0 aliphatic heterocycles. The van der Waals surface area contributed by atoms with Crippen molar-refractivity contribution in [2.45, 2.75) is 26.3 Å². The van der Waals surface area contributed by atoms with Crippen LogP contribution in [0.5, 0.6) is 6.01 Å². The number of hydrogen-bond donors (Lipinski definition) is 2. The van der Waals surface area contributed by atoms with Crippen LogP contribution in [0.3, 0.4) is 0 Å². The summed E-state index contributed by atoms with van der Waals surface area (Å²) in [5, 5.41) is 2.64. The van der Waals surface area contributed by atoms with Gasteiger partial charge in [-0.05, 0) is 52.6 Å². The molecule has 0 radical (unpaired) electrons. The van der Waals surface area contributed by atoms with Gasteiger partial charge in [0.05, 0.1) is 0 Å². The van der Waals surface area contributed by atoms with Crippen LogP contribution in [0.1, 0.15) is 20.8 Å². The van der Waals surface area contributed by atoms with Crippen molar-refractivity contribution >= 4 is 38.0 Å². The average Bonchev–Trinajstić information content (AvgIpc) is 2.26. The van der Waals surface area contributed by atoms with Crippen LogP contribution < -0.4 is 10.1 Å². The molecule has 7 heteroatoms. The number of H-pyrrole nitrogens is 1. The highest BCUT2D eigenvalue weighted by Gasteiger charge is 2.17. The first-order valence-corrected chi connectivity index (χ1v) is 5.77. The smallest absolute Gasteiger partial charge is 0.375 e. The SMILES string of the molecule is CC(C)(C)NC(=O)Oc1nc(Br)c(Br)[nH]1. The summed E-state index contributed by atoms with van der Waals surface area (Å²) in [7, 11) is 0. The number of aromatic amines is 1. The van der Waals surface area contributed by atoms with E-state index < -0.39 is 6.09 Å². The van der Waals surface area contributed by atoms with E-state index in [-0.39, 0.29) is 11.5 Å². The number of carbonyl (C=O) groups excluding carboxylic acids is 1. The third-order valence-electron chi connectivity index (χ3n) is 1.26. The van der Waals surface area contributed by atoms with Crippen molar-refractivity contribution in [1.29, 1.82) is 0 Å². The minimum Gasteiger partial charge on any atom is -0.375 e. The molecular weight excluding hydrogens is 330 g/mol. The van der Waals surface area contributed by atoms with E-state index in [1.807, 2.05) is 20.8 Å². The van der Waals surface area contributed by atoms with Crippen LogP contribution in [0.2, 0.25) is 0 Å². The zero-order valence-electron chi connectivity index (χ0n) is 8.52. The van der Waals surface area contributed by atoms with E-state index >= 15 is 0 Å². The standard InChI is InChI=1S/C8H11Br2N3O2/c1-8(2,3)13-7(14)15-6-11-4(9)5(10)12-6/h1-3H3,(H,11,12)(H,13,14). The molecular formula is C8H11Br2N3O2. The van der Waals surface area contributed by atoms with Crippen LogP contribution in [-0.2, 0) is 0 Å². The Kier molecular flexibility index (Phi) is 3.77. The van der Waals surface area contributed by atoms with Crippen molar-refractivity contribution in [1.82, 2.24) is 15.3 Å². The lowest BCUT2D eigenvalue weighted by atomic mass is 10.1. The predicted octanol–water partition coefficient (Wildman–Crippen LogP) is 2.82. The van der Waals surface area contributed by atoms with Crippen LogP contribution in [0.25, 0.3) is 0 Å². The molecule has 1 aromatic heterocycles. The number of rotatable bonds is 1. The van der Waals surface area contributed by atoms with E-state index in [1.54, 1.807) is 0 Å². The van der Waals surface area contributed by atoms with Crippen LogP contribution in [-0.4, -0.2) is 21.6 Å². The molecule has 0 saturated carbocycles. The van der Waals surface area contributed by atoms with Crippen molar-refractivity contribution in [2.24, 2.45) is 0 Å². The molecule has 0 atom stereocenters. The molecule has 15 heavy (non-hydrogen) atoms. The highest BCUT2D eigenvalue weighted by molar-refractivity contribution is 9.13. The average molecular weight is 341 g/mol. The number of halogens is 2. The van der Waals surface area contributed by atoms with E-state index in [0.717, 1.165) is 0 Å². The van der Waals surface area contributed by atoms with Gasteiger partial charge in [-0.1, -0.05) is 0 Å². The fraction of sp³-hybridized carbons (Fsp3) is 0.500. The molecule has 1 rings (SSSR count). The molecule has 0 aliphatic carbocycles. The summed E-state index contributed by atoms with van der Waals surface area (Å²) in [5.74, 6) is 0. The molecule has 0 fully saturated rings. The van der Waals surface area contributed by atoms with Crippen molar-refractivity contribution in [3.63, 3.8) is 0 Å². The Hall–Kier alpha value is -0.560. The zero-order valence-corrected chi connectivity index (χ0v) is 11.7. The number of carbonyl (C=O) groups is 1. The van der Waals surface area contributed by atoms with Crippen LogP contribution in [0.15, 0.2) is 9.21 Å². The van der Waals surface area contributed by atoms with Crippen molar-refractivity contribution < 1.29 is 9.53 Å². The first-order chi connectivity index (χ1) is 6.78. The molecule has 0 aliphatic rings.